The Labute approximate surface area is 202 Å². The summed E-state index contributed by atoms with van der Waals surface area (Å²) in [5.74, 6) is -0.258. The SMILES string of the molecule is CCCCCCCCCCCCCCCCCCCCCCCCCC=CCS(=O)(=O)O. The van der Waals surface area contributed by atoms with Gasteiger partial charge >= 0.3 is 0 Å². The van der Waals surface area contributed by atoms with Crippen LogP contribution in [-0.4, -0.2) is 18.7 Å². The second-order valence-corrected chi connectivity index (χ2v) is 11.3. The maximum absolute atomic E-state index is 10.6. The van der Waals surface area contributed by atoms with Crippen LogP contribution in [0.1, 0.15) is 161 Å². The summed E-state index contributed by atoms with van der Waals surface area (Å²) in [5, 5.41) is 0. The van der Waals surface area contributed by atoms with Gasteiger partial charge in [0.15, 0.2) is 0 Å². The van der Waals surface area contributed by atoms with Crippen LogP contribution in [0.5, 0.6) is 0 Å². The molecule has 0 rings (SSSR count). The summed E-state index contributed by atoms with van der Waals surface area (Å²) in [5.41, 5.74) is 0. The third kappa shape index (κ3) is 29.7. The first-order valence-electron chi connectivity index (χ1n) is 14.2. The zero-order valence-electron chi connectivity index (χ0n) is 21.5. The van der Waals surface area contributed by atoms with E-state index in [1.807, 2.05) is 6.08 Å². The summed E-state index contributed by atoms with van der Waals surface area (Å²) in [6.45, 7) is 2.29. The van der Waals surface area contributed by atoms with E-state index in [9.17, 15) is 8.42 Å². The van der Waals surface area contributed by atoms with Gasteiger partial charge in [-0.15, -0.1) is 0 Å². The summed E-state index contributed by atoms with van der Waals surface area (Å²) in [6.07, 6.45) is 36.5. The number of rotatable bonds is 26. The minimum absolute atomic E-state index is 0.258. The lowest BCUT2D eigenvalue weighted by molar-refractivity contribution is 0.486. The Hall–Kier alpha value is -0.350. The molecule has 0 heterocycles. The molecule has 0 aliphatic rings. The fraction of sp³-hybridized carbons (Fsp3) is 0.929. The van der Waals surface area contributed by atoms with E-state index in [0.717, 1.165) is 12.8 Å². The van der Waals surface area contributed by atoms with Crippen molar-refractivity contribution in [3.05, 3.63) is 12.2 Å². The lowest BCUT2D eigenvalue weighted by atomic mass is 10.0. The normalized spacial score (nSPS) is 12.2. The average molecular weight is 473 g/mol. The van der Waals surface area contributed by atoms with Crippen molar-refractivity contribution >= 4 is 10.1 Å². The second-order valence-electron chi connectivity index (χ2n) is 9.79. The fourth-order valence-corrected chi connectivity index (χ4v) is 4.73. The molecule has 3 nitrogen and oxygen atoms in total. The first-order valence-corrected chi connectivity index (χ1v) is 15.8. The van der Waals surface area contributed by atoms with Gasteiger partial charge in [0, 0.05) is 0 Å². The molecule has 0 saturated heterocycles. The van der Waals surface area contributed by atoms with Crippen LogP contribution in [-0.2, 0) is 10.1 Å². The highest BCUT2D eigenvalue weighted by molar-refractivity contribution is 7.85. The first-order chi connectivity index (χ1) is 15.6. The van der Waals surface area contributed by atoms with Crippen LogP contribution in [0.25, 0.3) is 0 Å². The van der Waals surface area contributed by atoms with Gasteiger partial charge in [0.05, 0.1) is 5.75 Å². The second kappa shape index (κ2) is 25.3. The molecule has 0 aromatic carbocycles. The lowest BCUT2D eigenvalue weighted by Crippen LogP contribution is -1.99. The summed E-state index contributed by atoms with van der Waals surface area (Å²) in [6, 6.07) is 0. The van der Waals surface area contributed by atoms with E-state index in [4.69, 9.17) is 4.55 Å². The van der Waals surface area contributed by atoms with E-state index >= 15 is 0 Å². The molecule has 192 valence electrons. The zero-order valence-corrected chi connectivity index (χ0v) is 22.3. The number of hydrogen-bond donors (Lipinski definition) is 1. The predicted molar refractivity (Wildman–Crippen MR) is 142 cm³/mol. The molecule has 0 spiro atoms. The number of hydrogen-bond acceptors (Lipinski definition) is 2. The molecule has 0 amide bonds. The largest absolute Gasteiger partial charge is 0.285 e. The van der Waals surface area contributed by atoms with Crippen LogP contribution in [0.15, 0.2) is 12.2 Å². The summed E-state index contributed by atoms with van der Waals surface area (Å²) < 4.78 is 29.8. The smallest absolute Gasteiger partial charge is 0.268 e. The lowest BCUT2D eigenvalue weighted by Gasteiger charge is -2.04. The van der Waals surface area contributed by atoms with Crippen LogP contribution >= 0.6 is 0 Å². The molecule has 0 atom stereocenters. The van der Waals surface area contributed by atoms with Gasteiger partial charge in [-0.3, -0.25) is 4.55 Å². The predicted octanol–water partition coefficient (Wildman–Crippen LogP) is 9.81. The third-order valence-electron chi connectivity index (χ3n) is 6.45. The van der Waals surface area contributed by atoms with E-state index in [0.29, 0.717) is 0 Å². The van der Waals surface area contributed by atoms with Crippen molar-refractivity contribution in [1.29, 1.82) is 0 Å². The van der Waals surface area contributed by atoms with Crippen LogP contribution in [0.2, 0.25) is 0 Å². The van der Waals surface area contributed by atoms with Crippen molar-refractivity contribution in [3.8, 4) is 0 Å². The van der Waals surface area contributed by atoms with Gasteiger partial charge in [0.1, 0.15) is 0 Å². The van der Waals surface area contributed by atoms with Crippen LogP contribution in [0, 0.1) is 0 Å². The Balaban J connectivity index is 3.08. The van der Waals surface area contributed by atoms with E-state index in [2.05, 4.69) is 6.92 Å². The van der Waals surface area contributed by atoms with Crippen LogP contribution in [0.3, 0.4) is 0 Å². The number of unbranched alkanes of at least 4 members (excludes halogenated alkanes) is 23. The topological polar surface area (TPSA) is 54.4 Å². The maximum atomic E-state index is 10.6. The Bertz CT molecular complexity index is 485. The van der Waals surface area contributed by atoms with E-state index in [1.54, 1.807) is 6.08 Å². The molecule has 0 saturated carbocycles. The molecule has 0 aromatic rings. The molecule has 0 radical (unpaired) electrons. The van der Waals surface area contributed by atoms with Crippen molar-refractivity contribution < 1.29 is 13.0 Å². The Morgan fingerprint density at radius 3 is 1.03 bits per heavy atom. The highest BCUT2D eigenvalue weighted by Gasteiger charge is 1.98. The Kier molecular flexibility index (Phi) is 25.0. The van der Waals surface area contributed by atoms with E-state index in [1.165, 1.54) is 141 Å². The van der Waals surface area contributed by atoms with Crippen molar-refractivity contribution in [2.75, 3.05) is 5.75 Å². The van der Waals surface area contributed by atoms with Gasteiger partial charge < -0.3 is 0 Å². The number of allylic oxidation sites excluding steroid dienone is 1. The van der Waals surface area contributed by atoms with Crippen LogP contribution < -0.4 is 0 Å². The molecule has 0 bridgehead atoms. The molecular formula is C28H56O3S. The molecule has 0 unspecified atom stereocenters. The molecule has 0 fully saturated rings. The first kappa shape index (κ1) is 31.6. The standard InChI is InChI=1S/C28H56O3S/c1-2-3-4-5-6-7-8-9-10-11-12-13-14-15-16-17-18-19-20-21-22-23-24-25-26-27-28-32(29,30)31/h26-27H,2-25,28H2,1H3,(H,29,30,31). The quantitative estimate of drug-likeness (QED) is 0.0774. The van der Waals surface area contributed by atoms with Crippen molar-refractivity contribution in [2.24, 2.45) is 0 Å². The molecule has 4 heteroatoms. The van der Waals surface area contributed by atoms with Crippen molar-refractivity contribution in [3.63, 3.8) is 0 Å². The van der Waals surface area contributed by atoms with E-state index < -0.39 is 10.1 Å². The summed E-state index contributed by atoms with van der Waals surface area (Å²) in [7, 11) is -3.84. The molecule has 0 aromatic heterocycles. The third-order valence-corrected chi connectivity index (χ3v) is 7.06. The average Bonchev–Trinajstić information content (AvgIpc) is 2.75. The van der Waals surface area contributed by atoms with Gasteiger partial charge in [-0.25, -0.2) is 0 Å². The van der Waals surface area contributed by atoms with E-state index in [-0.39, 0.29) is 5.75 Å². The zero-order chi connectivity index (χ0) is 23.6. The molecule has 32 heavy (non-hydrogen) atoms. The minimum Gasteiger partial charge on any atom is -0.285 e. The minimum atomic E-state index is -3.84. The summed E-state index contributed by atoms with van der Waals surface area (Å²) in [4.78, 5) is 0. The highest BCUT2D eigenvalue weighted by Crippen LogP contribution is 2.15. The van der Waals surface area contributed by atoms with Gasteiger partial charge in [0.2, 0.25) is 0 Å². The van der Waals surface area contributed by atoms with Gasteiger partial charge in [-0.05, 0) is 12.8 Å². The van der Waals surface area contributed by atoms with Gasteiger partial charge in [-0.1, -0.05) is 160 Å². The monoisotopic (exact) mass is 472 g/mol. The molecular weight excluding hydrogens is 416 g/mol. The van der Waals surface area contributed by atoms with Gasteiger partial charge in [-0.2, -0.15) is 8.42 Å². The summed E-state index contributed by atoms with van der Waals surface area (Å²) >= 11 is 0. The highest BCUT2D eigenvalue weighted by atomic mass is 32.2. The van der Waals surface area contributed by atoms with Gasteiger partial charge in [0.25, 0.3) is 10.1 Å². The van der Waals surface area contributed by atoms with Crippen molar-refractivity contribution in [2.45, 2.75) is 161 Å². The Morgan fingerprint density at radius 1 is 0.469 bits per heavy atom. The molecule has 1 N–H and O–H groups in total. The Morgan fingerprint density at radius 2 is 0.750 bits per heavy atom. The molecule has 0 aliphatic carbocycles. The molecule has 0 aliphatic heterocycles. The fourth-order valence-electron chi connectivity index (χ4n) is 4.36. The maximum Gasteiger partial charge on any atom is 0.268 e. The van der Waals surface area contributed by atoms with Crippen LogP contribution in [0.4, 0.5) is 0 Å². The van der Waals surface area contributed by atoms with Crippen molar-refractivity contribution in [1.82, 2.24) is 0 Å².